The molecule has 1 aliphatic rings. The lowest BCUT2D eigenvalue weighted by Gasteiger charge is -2.28. The largest absolute Gasteiger partial charge is 0.295 e. The van der Waals surface area contributed by atoms with E-state index in [1.54, 1.807) is 35.7 Å². The lowest BCUT2D eigenvalue weighted by Crippen LogP contribution is -2.39. The van der Waals surface area contributed by atoms with E-state index in [4.69, 9.17) is 0 Å². The number of nitrogens with zero attached hydrogens (tertiary/aromatic N) is 2. The number of Topliss-reactive ketones (excluding diaryl/α,β-unsaturated/α-hetero) is 1. The molecule has 0 spiro atoms. The predicted octanol–water partition coefficient (Wildman–Crippen LogP) is 5.31. The molecule has 0 saturated carbocycles. The highest BCUT2D eigenvalue weighted by atomic mass is 32.2. The molecule has 1 amide bonds. The van der Waals surface area contributed by atoms with Crippen molar-refractivity contribution in [2.45, 2.75) is 13.3 Å². The van der Waals surface area contributed by atoms with Crippen molar-refractivity contribution in [3.63, 3.8) is 0 Å². The Morgan fingerprint density at radius 1 is 0.929 bits per heavy atom. The molecule has 3 aromatic rings. The number of thioether (sulfide) groups is 1. The van der Waals surface area contributed by atoms with Crippen molar-refractivity contribution >= 4 is 45.1 Å². The molecule has 0 atom stereocenters. The van der Waals surface area contributed by atoms with Gasteiger partial charge in [-0.2, -0.15) is 0 Å². The van der Waals surface area contributed by atoms with E-state index in [0.29, 0.717) is 22.8 Å². The number of carbonyl (C=O) groups excluding carboxylic acids is 2. The first-order chi connectivity index (χ1) is 13.6. The molecule has 0 radical (unpaired) electrons. The molecule has 1 fully saturated rings. The normalized spacial score (nSPS) is 15.8. The second-order valence-electron chi connectivity index (χ2n) is 6.72. The summed E-state index contributed by atoms with van der Waals surface area (Å²) in [5.74, 6) is 0.933. The van der Waals surface area contributed by atoms with Crippen LogP contribution in [0.4, 0.5) is 5.69 Å². The quantitative estimate of drug-likeness (QED) is 0.571. The fraction of sp³-hybridized carbons (Fsp3) is 0.174. The molecular weight excluding hydrogens is 368 g/mol. The van der Waals surface area contributed by atoms with Crippen molar-refractivity contribution in [1.82, 2.24) is 4.90 Å². The van der Waals surface area contributed by atoms with Crippen LogP contribution in [0.1, 0.15) is 34.1 Å². The van der Waals surface area contributed by atoms with E-state index in [1.807, 2.05) is 54.6 Å². The standard InChI is InChI=1S/C23H20N2O2S/c1-16(26)17-9-11-21(12-10-17)24-23-25(13-4-14-28-23)22(27)20-8-7-18-5-2-3-6-19(18)15-20/h2-3,5-12,15H,4,13-14H2,1H3. The maximum Gasteiger partial charge on any atom is 0.259 e. The highest BCUT2D eigenvalue weighted by Crippen LogP contribution is 2.25. The molecule has 1 heterocycles. The average Bonchev–Trinajstić information content (AvgIpc) is 2.73. The number of aliphatic imine (C=N–C) groups is 1. The van der Waals surface area contributed by atoms with Crippen LogP contribution in [0, 0.1) is 0 Å². The summed E-state index contributed by atoms with van der Waals surface area (Å²) < 4.78 is 0. The molecule has 0 N–H and O–H groups in total. The predicted molar refractivity (Wildman–Crippen MR) is 116 cm³/mol. The first-order valence-corrected chi connectivity index (χ1v) is 10.2. The number of amidine groups is 1. The first-order valence-electron chi connectivity index (χ1n) is 9.25. The van der Waals surface area contributed by atoms with Gasteiger partial charge >= 0.3 is 0 Å². The van der Waals surface area contributed by atoms with E-state index in [1.165, 1.54) is 0 Å². The lowest BCUT2D eigenvalue weighted by atomic mass is 10.1. The Morgan fingerprint density at radius 2 is 1.64 bits per heavy atom. The Hall–Kier alpha value is -2.92. The van der Waals surface area contributed by atoms with E-state index in [9.17, 15) is 9.59 Å². The van der Waals surface area contributed by atoms with Gasteiger partial charge in [-0.1, -0.05) is 42.1 Å². The summed E-state index contributed by atoms with van der Waals surface area (Å²) in [6, 6.07) is 21.0. The van der Waals surface area contributed by atoms with Crippen molar-refractivity contribution in [2.75, 3.05) is 12.3 Å². The van der Waals surface area contributed by atoms with Crippen molar-refractivity contribution < 1.29 is 9.59 Å². The number of ketones is 1. The van der Waals surface area contributed by atoms with Gasteiger partial charge in [0.1, 0.15) is 0 Å². The van der Waals surface area contributed by atoms with Gasteiger partial charge in [0.15, 0.2) is 11.0 Å². The molecule has 1 saturated heterocycles. The molecule has 0 unspecified atom stereocenters. The summed E-state index contributed by atoms with van der Waals surface area (Å²) >= 11 is 1.59. The summed E-state index contributed by atoms with van der Waals surface area (Å²) in [6.45, 7) is 2.20. The van der Waals surface area contributed by atoms with Crippen LogP contribution in [-0.2, 0) is 0 Å². The lowest BCUT2D eigenvalue weighted by molar-refractivity contribution is 0.0849. The highest BCUT2D eigenvalue weighted by Gasteiger charge is 2.25. The van der Waals surface area contributed by atoms with Crippen LogP contribution < -0.4 is 0 Å². The summed E-state index contributed by atoms with van der Waals surface area (Å²) in [5.41, 5.74) is 2.07. The molecule has 0 aromatic heterocycles. The van der Waals surface area contributed by atoms with Gasteiger partial charge in [-0.15, -0.1) is 0 Å². The summed E-state index contributed by atoms with van der Waals surface area (Å²) in [6.07, 6.45) is 0.937. The summed E-state index contributed by atoms with van der Waals surface area (Å²) in [4.78, 5) is 31.1. The van der Waals surface area contributed by atoms with Crippen molar-refractivity contribution in [3.05, 3.63) is 77.9 Å². The van der Waals surface area contributed by atoms with Crippen LogP contribution in [0.3, 0.4) is 0 Å². The number of carbonyl (C=O) groups is 2. The number of rotatable bonds is 3. The Bertz CT molecular complexity index is 1070. The van der Waals surface area contributed by atoms with E-state index in [-0.39, 0.29) is 11.7 Å². The molecule has 4 rings (SSSR count). The molecule has 0 aliphatic carbocycles. The molecule has 1 aliphatic heterocycles. The third kappa shape index (κ3) is 3.85. The zero-order chi connectivity index (χ0) is 19.5. The Kier molecular flexibility index (Phi) is 5.26. The second-order valence-corrected chi connectivity index (χ2v) is 7.78. The third-order valence-corrected chi connectivity index (χ3v) is 5.79. The van der Waals surface area contributed by atoms with Gasteiger partial charge in [-0.25, -0.2) is 4.99 Å². The van der Waals surface area contributed by atoms with Gasteiger partial charge in [-0.3, -0.25) is 14.5 Å². The number of hydrogen-bond acceptors (Lipinski definition) is 4. The van der Waals surface area contributed by atoms with Gasteiger partial charge in [0.05, 0.1) is 5.69 Å². The van der Waals surface area contributed by atoms with Crippen LogP contribution >= 0.6 is 11.8 Å². The molecule has 140 valence electrons. The van der Waals surface area contributed by atoms with Gasteiger partial charge in [0.25, 0.3) is 5.91 Å². The van der Waals surface area contributed by atoms with Crippen molar-refractivity contribution in [3.8, 4) is 0 Å². The van der Waals surface area contributed by atoms with Crippen LogP contribution in [0.25, 0.3) is 10.8 Å². The average molecular weight is 388 g/mol. The van der Waals surface area contributed by atoms with Gasteiger partial charge in [-0.05, 0) is 60.5 Å². The van der Waals surface area contributed by atoms with Crippen LogP contribution in [-0.4, -0.2) is 34.1 Å². The minimum absolute atomic E-state index is 0.0272. The van der Waals surface area contributed by atoms with Gasteiger partial charge in [0, 0.05) is 23.4 Å². The molecule has 28 heavy (non-hydrogen) atoms. The molecular formula is C23H20N2O2S. The smallest absolute Gasteiger partial charge is 0.259 e. The van der Waals surface area contributed by atoms with Crippen LogP contribution in [0.5, 0.6) is 0 Å². The van der Waals surface area contributed by atoms with E-state index < -0.39 is 0 Å². The van der Waals surface area contributed by atoms with Crippen LogP contribution in [0.2, 0.25) is 0 Å². The van der Waals surface area contributed by atoms with E-state index in [0.717, 1.165) is 28.6 Å². The highest BCUT2D eigenvalue weighted by molar-refractivity contribution is 8.13. The number of benzene rings is 3. The SMILES string of the molecule is CC(=O)c1ccc(N=C2SCCCN2C(=O)c2ccc3ccccc3c2)cc1. The van der Waals surface area contributed by atoms with E-state index >= 15 is 0 Å². The van der Waals surface area contributed by atoms with Crippen molar-refractivity contribution in [2.24, 2.45) is 4.99 Å². The molecule has 4 nitrogen and oxygen atoms in total. The minimum atomic E-state index is -0.0305. The van der Waals surface area contributed by atoms with Gasteiger partial charge in [0.2, 0.25) is 0 Å². The third-order valence-electron chi connectivity index (χ3n) is 4.73. The maximum atomic E-state index is 13.2. The maximum absolute atomic E-state index is 13.2. The number of amides is 1. The monoisotopic (exact) mass is 388 g/mol. The molecule has 3 aromatic carbocycles. The van der Waals surface area contributed by atoms with Gasteiger partial charge < -0.3 is 0 Å². The topological polar surface area (TPSA) is 49.7 Å². The van der Waals surface area contributed by atoms with Crippen LogP contribution in [0.15, 0.2) is 71.7 Å². The number of fused-ring (bicyclic) bond motifs is 1. The Balaban J connectivity index is 1.63. The van der Waals surface area contributed by atoms with Crippen molar-refractivity contribution in [1.29, 1.82) is 0 Å². The fourth-order valence-corrected chi connectivity index (χ4v) is 4.16. The zero-order valence-electron chi connectivity index (χ0n) is 15.6. The minimum Gasteiger partial charge on any atom is -0.295 e. The Morgan fingerprint density at radius 3 is 2.39 bits per heavy atom. The summed E-state index contributed by atoms with van der Waals surface area (Å²) in [5, 5.41) is 2.88. The molecule has 5 heteroatoms. The summed E-state index contributed by atoms with van der Waals surface area (Å²) in [7, 11) is 0. The zero-order valence-corrected chi connectivity index (χ0v) is 16.4. The number of hydrogen-bond donors (Lipinski definition) is 0. The molecule has 0 bridgehead atoms. The second kappa shape index (κ2) is 7.98. The van der Waals surface area contributed by atoms with E-state index in [2.05, 4.69) is 4.99 Å². The first kappa shape index (κ1) is 18.4. The Labute approximate surface area is 168 Å². The fourth-order valence-electron chi connectivity index (χ4n) is 3.20.